The van der Waals surface area contributed by atoms with E-state index in [1.807, 2.05) is 66.7 Å². The smallest absolute Gasteiger partial charge is 0.165 e. The number of hydrogen-bond acceptors (Lipinski definition) is 3. The van der Waals surface area contributed by atoms with E-state index in [2.05, 4.69) is 24.4 Å². The highest BCUT2D eigenvalue weighted by Crippen LogP contribution is 2.26. The molecule has 0 spiro atoms. The van der Waals surface area contributed by atoms with Crippen LogP contribution in [0.1, 0.15) is 33.9 Å². The number of aryl methyl sites for hydroxylation is 1. The maximum absolute atomic E-state index is 12.7. The third kappa shape index (κ3) is 4.51. The van der Waals surface area contributed by atoms with Gasteiger partial charge in [-0.2, -0.15) is 0 Å². The van der Waals surface area contributed by atoms with Gasteiger partial charge in [0.25, 0.3) is 0 Å². The van der Waals surface area contributed by atoms with Crippen LogP contribution in [0, 0.1) is 6.92 Å². The second-order valence-corrected chi connectivity index (χ2v) is 6.33. The lowest BCUT2D eigenvalue weighted by atomic mass is 9.97. The van der Waals surface area contributed by atoms with Crippen molar-refractivity contribution in [1.29, 1.82) is 0 Å². The fourth-order valence-corrected chi connectivity index (χ4v) is 2.95. The topological polar surface area (TPSA) is 38.3 Å². The zero-order valence-electron chi connectivity index (χ0n) is 15.1. The van der Waals surface area contributed by atoms with Crippen LogP contribution in [0.2, 0.25) is 0 Å². The quantitative estimate of drug-likeness (QED) is 0.580. The second kappa shape index (κ2) is 8.34. The van der Waals surface area contributed by atoms with E-state index in [1.165, 1.54) is 5.56 Å². The summed E-state index contributed by atoms with van der Waals surface area (Å²) in [5.41, 5.74) is 3.97. The number of hydrogen-bond donors (Lipinski definition) is 1. The molecule has 0 amide bonds. The fourth-order valence-electron chi connectivity index (χ4n) is 2.95. The molecule has 0 aliphatic carbocycles. The van der Waals surface area contributed by atoms with E-state index in [0.29, 0.717) is 6.42 Å². The largest absolute Gasteiger partial charge is 0.497 e. The average Bonchev–Trinajstić information content (AvgIpc) is 2.68. The Labute approximate surface area is 154 Å². The molecular weight excluding hydrogens is 322 g/mol. The van der Waals surface area contributed by atoms with Crippen molar-refractivity contribution in [3.63, 3.8) is 0 Å². The Bertz CT molecular complexity index is 857. The van der Waals surface area contributed by atoms with Gasteiger partial charge in [0.05, 0.1) is 13.2 Å². The third-order valence-corrected chi connectivity index (χ3v) is 4.36. The van der Waals surface area contributed by atoms with Gasteiger partial charge in [-0.15, -0.1) is 0 Å². The van der Waals surface area contributed by atoms with E-state index < -0.39 is 0 Å². The lowest BCUT2D eigenvalue weighted by Gasteiger charge is -2.21. The zero-order valence-corrected chi connectivity index (χ0v) is 15.1. The Kier molecular flexibility index (Phi) is 5.69. The summed E-state index contributed by atoms with van der Waals surface area (Å²) >= 11 is 0. The summed E-state index contributed by atoms with van der Waals surface area (Å²) in [6, 6.07) is 25.4. The molecule has 0 aromatic heterocycles. The van der Waals surface area contributed by atoms with E-state index in [-0.39, 0.29) is 11.8 Å². The normalized spacial score (nSPS) is 11.6. The molecule has 0 fully saturated rings. The van der Waals surface area contributed by atoms with Crippen molar-refractivity contribution in [2.75, 3.05) is 12.4 Å². The van der Waals surface area contributed by atoms with Crippen LogP contribution in [0.5, 0.6) is 5.75 Å². The van der Waals surface area contributed by atoms with Gasteiger partial charge in [0.2, 0.25) is 0 Å². The minimum atomic E-state index is -0.115. The average molecular weight is 345 g/mol. The van der Waals surface area contributed by atoms with E-state index >= 15 is 0 Å². The molecule has 0 saturated heterocycles. The van der Waals surface area contributed by atoms with Crippen LogP contribution in [-0.2, 0) is 0 Å². The van der Waals surface area contributed by atoms with Gasteiger partial charge in [0.1, 0.15) is 5.75 Å². The first kappa shape index (κ1) is 17.7. The van der Waals surface area contributed by atoms with Crippen LogP contribution < -0.4 is 10.1 Å². The third-order valence-electron chi connectivity index (χ3n) is 4.36. The Morgan fingerprint density at radius 2 is 1.69 bits per heavy atom. The molecule has 0 saturated carbocycles. The molecular formula is C23H23NO2. The first-order chi connectivity index (χ1) is 12.7. The number of nitrogens with one attached hydrogen (secondary N) is 1. The van der Waals surface area contributed by atoms with E-state index in [1.54, 1.807) is 7.11 Å². The Hall–Kier alpha value is -3.07. The van der Waals surface area contributed by atoms with Gasteiger partial charge in [-0.25, -0.2) is 0 Å². The number of Topliss-reactive ketones (excluding diaryl/α,β-unsaturated/α-hetero) is 1. The molecule has 3 heteroatoms. The monoisotopic (exact) mass is 345 g/mol. The second-order valence-electron chi connectivity index (χ2n) is 6.33. The molecule has 0 radical (unpaired) electrons. The number of rotatable bonds is 7. The predicted octanol–water partition coefficient (Wildman–Crippen LogP) is 5.43. The summed E-state index contributed by atoms with van der Waals surface area (Å²) in [6.45, 7) is 2.06. The molecule has 26 heavy (non-hydrogen) atoms. The molecule has 1 N–H and O–H groups in total. The Balaban J connectivity index is 1.86. The van der Waals surface area contributed by atoms with Crippen molar-refractivity contribution in [2.45, 2.75) is 19.4 Å². The summed E-state index contributed by atoms with van der Waals surface area (Å²) in [4.78, 5) is 12.7. The maximum atomic E-state index is 12.7. The van der Waals surface area contributed by atoms with Gasteiger partial charge >= 0.3 is 0 Å². The molecule has 3 rings (SSSR count). The summed E-state index contributed by atoms with van der Waals surface area (Å²) in [6.07, 6.45) is 0.379. The van der Waals surface area contributed by atoms with Gasteiger partial charge in [-0.3, -0.25) is 4.79 Å². The molecule has 1 unspecified atom stereocenters. The van der Waals surface area contributed by atoms with Gasteiger partial charge in [0, 0.05) is 17.7 Å². The number of anilines is 1. The highest BCUT2D eigenvalue weighted by molar-refractivity contribution is 5.96. The zero-order chi connectivity index (χ0) is 18.4. The van der Waals surface area contributed by atoms with Crippen LogP contribution in [-0.4, -0.2) is 12.9 Å². The van der Waals surface area contributed by atoms with E-state index in [0.717, 1.165) is 22.6 Å². The molecule has 3 aromatic rings. The van der Waals surface area contributed by atoms with Gasteiger partial charge in [-0.1, -0.05) is 54.6 Å². The van der Waals surface area contributed by atoms with Crippen molar-refractivity contribution in [3.05, 3.63) is 95.6 Å². The molecule has 3 nitrogen and oxygen atoms in total. The molecule has 132 valence electrons. The standard InChI is InChI=1S/C23H23NO2/c1-17-7-6-10-20(15-17)24-22(18-11-13-21(26-2)14-12-18)16-23(25)19-8-4-3-5-9-19/h3-15,22,24H,16H2,1-2H3. The maximum Gasteiger partial charge on any atom is 0.165 e. The number of benzene rings is 3. The van der Waals surface area contributed by atoms with Gasteiger partial charge < -0.3 is 10.1 Å². The highest BCUT2D eigenvalue weighted by Gasteiger charge is 2.17. The minimum Gasteiger partial charge on any atom is -0.497 e. The molecule has 0 bridgehead atoms. The lowest BCUT2D eigenvalue weighted by molar-refractivity contribution is 0.0976. The molecule has 1 atom stereocenters. The number of ketones is 1. The minimum absolute atomic E-state index is 0.115. The van der Waals surface area contributed by atoms with Crippen LogP contribution >= 0.6 is 0 Å². The van der Waals surface area contributed by atoms with Crippen LogP contribution in [0.25, 0.3) is 0 Å². The first-order valence-electron chi connectivity index (χ1n) is 8.71. The fraction of sp³-hybridized carbons (Fsp3) is 0.174. The SMILES string of the molecule is COc1ccc(C(CC(=O)c2ccccc2)Nc2cccc(C)c2)cc1. The lowest BCUT2D eigenvalue weighted by Crippen LogP contribution is -2.16. The first-order valence-corrected chi connectivity index (χ1v) is 8.71. The molecule has 0 heterocycles. The van der Waals surface area contributed by atoms with Crippen molar-refractivity contribution in [3.8, 4) is 5.75 Å². The van der Waals surface area contributed by atoms with Crippen LogP contribution in [0.4, 0.5) is 5.69 Å². The number of ether oxygens (including phenoxy) is 1. The van der Waals surface area contributed by atoms with Crippen molar-refractivity contribution in [2.24, 2.45) is 0 Å². The van der Waals surface area contributed by atoms with Crippen LogP contribution in [0.3, 0.4) is 0 Å². The van der Waals surface area contributed by atoms with Gasteiger partial charge in [-0.05, 0) is 42.3 Å². The van der Waals surface area contributed by atoms with Gasteiger partial charge in [0.15, 0.2) is 5.78 Å². The number of carbonyl (C=O) groups excluding carboxylic acids is 1. The van der Waals surface area contributed by atoms with Crippen molar-refractivity contribution in [1.82, 2.24) is 0 Å². The Morgan fingerprint density at radius 3 is 2.35 bits per heavy atom. The molecule has 3 aromatic carbocycles. The van der Waals surface area contributed by atoms with Crippen LogP contribution in [0.15, 0.2) is 78.9 Å². The summed E-state index contributed by atoms with van der Waals surface area (Å²) in [5.74, 6) is 0.920. The number of carbonyl (C=O) groups is 1. The predicted molar refractivity (Wildman–Crippen MR) is 106 cm³/mol. The summed E-state index contributed by atoms with van der Waals surface area (Å²) in [7, 11) is 1.65. The number of methoxy groups -OCH3 is 1. The van der Waals surface area contributed by atoms with Crippen molar-refractivity contribution < 1.29 is 9.53 Å². The summed E-state index contributed by atoms with van der Waals surface area (Å²) < 4.78 is 5.25. The molecule has 0 aliphatic heterocycles. The van der Waals surface area contributed by atoms with E-state index in [9.17, 15) is 4.79 Å². The molecule has 0 aliphatic rings. The van der Waals surface area contributed by atoms with E-state index in [4.69, 9.17) is 4.74 Å². The van der Waals surface area contributed by atoms with Crippen molar-refractivity contribution >= 4 is 11.5 Å². The Morgan fingerprint density at radius 1 is 0.962 bits per heavy atom. The summed E-state index contributed by atoms with van der Waals surface area (Å²) in [5, 5.41) is 3.51. The highest BCUT2D eigenvalue weighted by atomic mass is 16.5.